The summed E-state index contributed by atoms with van der Waals surface area (Å²) in [5.41, 5.74) is 0. The van der Waals surface area contributed by atoms with Gasteiger partial charge < -0.3 is 14.9 Å². The maximum absolute atomic E-state index is 12.0. The number of hydrogen-bond donors (Lipinski definition) is 1. The number of aliphatic hydroxyl groups excluding tert-OH is 1. The van der Waals surface area contributed by atoms with Crippen LogP contribution in [-0.2, 0) is 4.79 Å². The number of hydrogen-bond acceptors (Lipinski definition) is 7. The van der Waals surface area contributed by atoms with Crippen LogP contribution >= 0.6 is 11.8 Å². The largest absolute Gasteiger partial charge is 0.390 e. The molecule has 0 aromatic carbocycles. The van der Waals surface area contributed by atoms with Crippen LogP contribution in [0.5, 0.6) is 0 Å². The second kappa shape index (κ2) is 7.46. The third-order valence-corrected chi connectivity index (χ3v) is 5.03. The van der Waals surface area contributed by atoms with Crippen LogP contribution in [0.1, 0.15) is 0 Å². The second-order valence-corrected chi connectivity index (χ2v) is 6.80. The van der Waals surface area contributed by atoms with E-state index in [2.05, 4.69) is 19.8 Å². The summed E-state index contributed by atoms with van der Waals surface area (Å²) in [6.45, 7) is 4.46. The molecular weight excluding hydrogens is 314 g/mol. The zero-order valence-electron chi connectivity index (χ0n) is 13.3. The molecule has 8 heteroatoms. The highest BCUT2D eigenvalue weighted by molar-refractivity contribution is 7.99. The normalized spacial score (nSPS) is 25.8. The lowest BCUT2D eigenvalue weighted by Gasteiger charge is -2.38. The molecular formula is C15H23N5O2S. The molecule has 1 N–H and O–H groups in total. The number of carbonyl (C=O) groups excluding carboxylic acids is 1. The molecule has 1 aromatic rings. The maximum atomic E-state index is 12.0. The van der Waals surface area contributed by atoms with Crippen LogP contribution in [0, 0.1) is 0 Å². The number of piperazine rings is 1. The number of likely N-dealkylation sites (tertiary alicyclic amines) is 1. The number of anilines is 1. The number of aliphatic hydroxyl groups is 1. The SMILES string of the molecule is CSCC(=O)N1C[C@H](O)[C@@H](N2CCN(c3ncccn3)CC2)C1. The van der Waals surface area contributed by atoms with E-state index in [9.17, 15) is 9.90 Å². The van der Waals surface area contributed by atoms with E-state index in [1.165, 1.54) is 11.8 Å². The van der Waals surface area contributed by atoms with Gasteiger partial charge in [0.25, 0.3) is 0 Å². The molecule has 3 rings (SSSR count). The Morgan fingerprint density at radius 1 is 1.26 bits per heavy atom. The lowest BCUT2D eigenvalue weighted by atomic mass is 10.1. The average Bonchev–Trinajstić information content (AvgIpc) is 2.98. The summed E-state index contributed by atoms with van der Waals surface area (Å²) in [5, 5.41) is 10.3. The molecule has 1 aromatic heterocycles. The fourth-order valence-electron chi connectivity index (χ4n) is 3.25. The lowest BCUT2D eigenvalue weighted by Crippen LogP contribution is -2.54. The summed E-state index contributed by atoms with van der Waals surface area (Å²) >= 11 is 1.53. The summed E-state index contributed by atoms with van der Waals surface area (Å²) in [6.07, 6.45) is 4.97. The van der Waals surface area contributed by atoms with Gasteiger partial charge in [-0.1, -0.05) is 0 Å². The Morgan fingerprint density at radius 3 is 2.61 bits per heavy atom. The Kier molecular flexibility index (Phi) is 5.34. The second-order valence-electron chi connectivity index (χ2n) is 5.94. The zero-order chi connectivity index (χ0) is 16.2. The van der Waals surface area contributed by atoms with Gasteiger partial charge in [0.15, 0.2) is 0 Å². The monoisotopic (exact) mass is 337 g/mol. The highest BCUT2D eigenvalue weighted by Gasteiger charge is 2.38. The quantitative estimate of drug-likeness (QED) is 0.796. The van der Waals surface area contributed by atoms with E-state index in [4.69, 9.17) is 0 Å². The predicted octanol–water partition coefficient (Wildman–Crippen LogP) is -0.467. The molecule has 2 fully saturated rings. The first kappa shape index (κ1) is 16.5. The van der Waals surface area contributed by atoms with Crippen LogP contribution in [0.15, 0.2) is 18.5 Å². The van der Waals surface area contributed by atoms with Gasteiger partial charge in [0.05, 0.1) is 17.9 Å². The van der Waals surface area contributed by atoms with Crippen molar-refractivity contribution in [2.24, 2.45) is 0 Å². The summed E-state index contributed by atoms with van der Waals surface area (Å²) in [7, 11) is 0. The number of aromatic nitrogens is 2. The highest BCUT2D eigenvalue weighted by Crippen LogP contribution is 2.20. The van der Waals surface area contributed by atoms with Crippen molar-refractivity contribution < 1.29 is 9.90 Å². The molecule has 2 aliphatic rings. The van der Waals surface area contributed by atoms with Gasteiger partial charge in [0, 0.05) is 51.7 Å². The van der Waals surface area contributed by atoms with Crippen LogP contribution in [-0.4, -0.2) is 94.2 Å². The van der Waals surface area contributed by atoms with Gasteiger partial charge >= 0.3 is 0 Å². The number of nitrogens with zero attached hydrogens (tertiary/aromatic N) is 5. The topological polar surface area (TPSA) is 72.8 Å². The van der Waals surface area contributed by atoms with Crippen molar-refractivity contribution >= 4 is 23.6 Å². The van der Waals surface area contributed by atoms with Gasteiger partial charge in [-0.2, -0.15) is 11.8 Å². The minimum absolute atomic E-state index is 0.0413. The molecule has 0 radical (unpaired) electrons. The van der Waals surface area contributed by atoms with E-state index in [0.717, 1.165) is 32.1 Å². The van der Waals surface area contributed by atoms with Crippen molar-refractivity contribution in [1.29, 1.82) is 0 Å². The molecule has 0 bridgehead atoms. The number of carbonyl (C=O) groups is 1. The minimum Gasteiger partial charge on any atom is -0.390 e. The number of amides is 1. The summed E-state index contributed by atoms with van der Waals surface area (Å²) < 4.78 is 0. The smallest absolute Gasteiger partial charge is 0.232 e. The first-order chi connectivity index (χ1) is 11.2. The van der Waals surface area contributed by atoms with E-state index in [-0.39, 0.29) is 11.9 Å². The summed E-state index contributed by atoms with van der Waals surface area (Å²) in [4.78, 5) is 26.8. The van der Waals surface area contributed by atoms with Crippen LogP contribution in [0.2, 0.25) is 0 Å². The first-order valence-electron chi connectivity index (χ1n) is 7.90. The van der Waals surface area contributed by atoms with E-state index in [1.807, 2.05) is 12.3 Å². The molecule has 0 saturated carbocycles. The van der Waals surface area contributed by atoms with E-state index in [1.54, 1.807) is 17.3 Å². The van der Waals surface area contributed by atoms with Gasteiger partial charge in [0.1, 0.15) is 0 Å². The summed E-state index contributed by atoms with van der Waals surface area (Å²) in [6, 6.07) is 1.86. The molecule has 3 heterocycles. The van der Waals surface area contributed by atoms with Gasteiger partial charge in [-0.15, -0.1) is 0 Å². The Bertz CT molecular complexity index is 524. The maximum Gasteiger partial charge on any atom is 0.232 e. The fraction of sp³-hybridized carbons (Fsp3) is 0.667. The van der Waals surface area contributed by atoms with Gasteiger partial charge in [-0.3, -0.25) is 9.69 Å². The predicted molar refractivity (Wildman–Crippen MR) is 90.6 cm³/mol. The van der Waals surface area contributed by atoms with Crippen LogP contribution in [0.25, 0.3) is 0 Å². The van der Waals surface area contributed by atoms with Crippen molar-refractivity contribution in [3.63, 3.8) is 0 Å². The van der Waals surface area contributed by atoms with E-state index < -0.39 is 6.10 Å². The Morgan fingerprint density at radius 2 is 1.96 bits per heavy atom. The molecule has 2 saturated heterocycles. The summed E-state index contributed by atoms with van der Waals surface area (Å²) in [5.74, 6) is 1.37. The van der Waals surface area contributed by atoms with E-state index in [0.29, 0.717) is 18.8 Å². The van der Waals surface area contributed by atoms with Crippen molar-refractivity contribution in [3.05, 3.63) is 18.5 Å². The van der Waals surface area contributed by atoms with E-state index >= 15 is 0 Å². The first-order valence-corrected chi connectivity index (χ1v) is 9.29. The minimum atomic E-state index is -0.458. The molecule has 23 heavy (non-hydrogen) atoms. The number of thioether (sulfide) groups is 1. The van der Waals surface area contributed by atoms with Gasteiger partial charge in [-0.25, -0.2) is 9.97 Å². The van der Waals surface area contributed by atoms with Crippen molar-refractivity contribution in [3.8, 4) is 0 Å². The number of β-amino-alcohol motifs (C(OH)–C–C–N with tert-alkyl or cyclic N) is 1. The molecule has 0 aliphatic carbocycles. The molecule has 1 amide bonds. The van der Waals surface area contributed by atoms with Crippen molar-refractivity contribution in [2.45, 2.75) is 12.1 Å². The zero-order valence-corrected chi connectivity index (χ0v) is 14.2. The Hall–Kier alpha value is -1.38. The lowest BCUT2D eigenvalue weighted by molar-refractivity contribution is -0.127. The average molecular weight is 337 g/mol. The number of rotatable bonds is 4. The van der Waals surface area contributed by atoms with Gasteiger partial charge in [0.2, 0.25) is 11.9 Å². The third kappa shape index (κ3) is 3.76. The molecule has 126 valence electrons. The standard InChI is InChI=1S/C15H23N5O2S/c1-23-11-14(22)20-9-12(13(21)10-20)18-5-7-19(8-6-18)15-16-3-2-4-17-15/h2-4,12-13,21H,5-11H2,1H3/t12-,13-/m0/s1. The third-order valence-electron chi connectivity index (χ3n) is 4.50. The van der Waals surface area contributed by atoms with Crippen molar-refractivity contribution in [2.75, 3.05) is 56.2 Å². The Balaban J connectivity index is 1.54. The molecule has 7 nitrogen and oxygen atoms in total. The van der Waals surface area contributed by atoms with Crippen molar-refractivity contribution in [1.82, 2.24) is 19.8 Å². The Labute approximate surface area is 140 Å². The van der Waals surface area contributed by atoms with Crippen LogP contribution in [0.3, 0.4) is 0 Å². The van der Waals surface area contributed by atoms with Crippen LogP contribution in [0.4, 0.5) is 5.95 Å². The molecule has 2 aliphatic heterocycles. The fourth-order valence-corrected chi connectivity index (χ4v) is 3.68. The highest BCUT2D eigenvalue weighted by atomic mass is 32.2. The van der Waals surface area contributed by atoms with Gasteiger partial charge in [-0.05, 0) is 12.3 Å². The molecule has 2 atom stereocenters. The van der Waals surface area contributed by atoms with Crippen LogP contribution < -0.4 is 4.90 Å². The molecule has 0 unspecified atom stereocenters. The molecule has 0 spiro atoms.